The molecule has 1 N–H and O–H groups in total. The van der Waals surface area contributed by atoms with Gasteiger partial charge in [-0.3, -0.25) is 0 Å². The van der Waals surface area contributed by atoms with Gasteiger partial charge in [0.2, 0.25) is 0 Å². The lowest BCUT2D eigenvalue weighted by molar-refractivity contribution is 0.276. The highest BCUT2D eigenvalue weighted by atomic mass is 16.5. The average Bonchev–Trinajstić information content (AvgIpc) is 2.98. The fourth-order valence-electron chi connectivity index (χ4n) is 2.32. The normalized spacial score (nSPS) is 12.2. The van der Waals surface area contributed by atoms with Crippen molar-refractivity contribution >= 4 is 0 Å². The maximum Gasteiger partial charge on any atom is 0.161 e. The van der Waals surface area contributed by atoms with E-state index in [1.807, 2.05) is 38.1 Å². The van der Waals surface area contributed by atoms with E-state index in [0.717, 1.165) is 41.5 Å². The molecule has 0 aliphatic heterocycles. The third kappa shape index (κ3) is 5.03. The van der Waals surface area contributed by atoms with Crippen molar-refractivity contribution in [3.63, 3.8) is 0 Å². The van der Waals surface area contributed by atoms with Crippen molar-refractivity contribution in [1.82, 2.24) is 5.32 Å². The van der Waals surface area contributed by atoms with Gasteiger partial charge in [-0.1, -0.05) is 13.0 Å². The molecule has 126 valence electrons. The van der Waals surface area contributed by atoms with Crippen molar-refractivity contribution < 1.29 is 13.9 Å². The van der Waals surface area contributed by atoms with E-state index in [-0.39, 0.29) is 6.04 Å². The summed E-state index contributed by atoms with van der Waals surface area (Å²) in [5, 5.41) is 3.47. The van der Waals surface area contributed by atoms with E-state index in [1.54, 1.807) is 0 Å². The first-order chi connectivity index (χ1) is 11.1. The molecule has 1 aromatic carbocycles. The Labute approximate surface area is 138 Å². The number of nitrogens with one attached hydrogen (secondary N) is 1. The van der Waals surface area contributed by atoms with Crippen LogP contribution in [-0.4, -0.2) is 13.2 Å². The molecular weight excluding hydrogens is 290 g/mol. The minimum absolute atomic E-state index is 0.162. The summed E-state index contributed by atoms with van der Waals surface area (Å²) < 4.78 is 17.1. The first-order valence-corrected chi connectivity index (χ1v) is 8.32. The van der Waals surface area contributed by atoms with Crippen LogP contribution in [0.1, 0.15) is 50.3 Å². The second kappa shape index (κ2) is 8.63. The van der Waals surface area contributed by atoms with Crippen molar-refractivity contribution in [3.05, 3.63) is 47.4 Å². The summed E-state index contributed by atoms with van der Waals surface area (Å²) in [7, 11) is 0. The van der Waals surface area contributed by atoms with Gasteiger partial charge < -0.3 is 19.2 Å². The standard InChI is InChI=1S/C19H27NO3/c1-5-11-22-18-10-8-16(12-19(18)21-6-2)13-20-15(4)17-9-7-14(3)23-17/h7-10,12,15,20H,5-6,11,13H2,1-4H3. The van der Waals surface area contributed by atoms with Crippen LogP contribution in [0.25, 0.3) is 0 Å². The molecule has 2 aromatic rings. The molecule has 0 spiro atoms. The van der Waals surface area contributed by atoms with Crippen LogP contribution in [0.4, 0.5) is 0 Å². The number of aryl methyl sites for hydroxylation is 1. The van der Waals surface area contributed by atoms with Gasteiger partial charge >= 0.3 is 0 Å². The largest absolute Gasteiger partial charge is 0.490 e. The zero-order valence-electron chi connectivity index (χ0n) is 14.5. The van der Waals surface area contributed by atoms with Crippen LogP contribution in [0.3, 0.4) is 0 Å². The Kier molecular flexibility index (Phi) is 6.53. The Morgan fingerprint density at radius 3 is 2.57 bits per heavy atom. The summed E-state index contributed by atoms with van der Waals surface area (Å²) in [6.07, 6.45) is 0.981. The molecule has 4 heteroatoms. The van der Waals surface area contributed by atoms with Gasteiger partial charge in [0.1, 0.15) is 11.5 Å². The highest BCUT2D eigenvalue weighted by Gasteiger charge is 2.10. The summed E-state index contributed by atoms with van der Waals surface area (Å²) in [6, 6.07) is 10.3. The van der Waals surface area contributed by atoms with Gasteiger partial charge in [-0.15, -0.1) is 0 Å². The predicted octanol–water partition coefficient (Wildman–Crippen LogP) is 4.63. The minimum atomic E-state index is 0.162. The maximum atomic E-state index is 5.73. The van der Waals surface area contributed by atoms with Crippen LogP contribution in [0.15, 0.2) is 34.7 Å². The zero-order chi connectivity index (χ0) is 16.7. The highest BCUT2D eigenvalue weighted by Crippen LogP contribution is 2.29. The van der Waals surface area contributed by atoms with Crippen LogP contribution in [-0.2, 0) is 6.54 Å². The third-order valence-corrected chi connectivity index (χ3v) is 3.57. The average molecular weight is 317 g/mol. The maximum absolute atomic E-state index is 5.73. The lowest BCUT2D eigenvalue weighted by Gasteiger charge is -2.15. The number of ether oxygens (including phenoxy) is 2. The van der Waals surface area contributed by atoms with Crippen LogP contribution in [0.5, 0.6) is 11.5 Å². The SMILES string of the molecule is CCCOc1ccc(CNC(C)c2ccc(C)o2)cc1OCC. The molecule has 0 saturated heterocycles. The molecule has 1 atom stereocenters. The molecule has 1 heterocycles. The number of hydrogen-bond acceptors (Lipinski definition) is 4. The molecule has 23 heavy (non-hydrogen) atoms. The van der Waals surface area contributed by atoms with E-state index in [2.05, 4.69) is 25.2 Å². The highest BCUT2D eigenvalue weighted by molar-refractivity contribution is 5.43. The van der Waals surface area contributed by atoms with Crippen LogP contribution in [0, 0.1) is 6.92 Å². The van der Waals surface area contributed by atoms with E-state index >= 15 is 0 Å². The number of rotatable bonds is 9. The van der Waals surface area contributed by atoms with Gasteiger partial charge in [0.05, 0.1) is 19.3 Å². The predicted molar refractivity (Wildman–Crippen MR) is 92.1 cm³/mol. The van der Waals surface area contributed by atoms with Crippen molar-refractivity contribution in [3.8, 4) is 11.5 Å². The lowest BCUT2D eigenvalue weighted by Crippen LogP contribution is -2.17. The molecule has 0 radical (unpaired) electrons. The molecule has 4 nitrogen and oxygen atoms in total. The van der Waals surface area contributed by atoms with Crippen molar-refractivity contribution in [2.24, 2.45) is 0 Å². The summed E-state index contributed by atoms with van der Waals surface area (Å²) in [6.45, 7) is 10.2. The van der Waals surface area contributed by atoms with Crippen molar-refractivity contribution in [1.29, 1.82) is 0 Å². The Hall–Kier alpha value is -1.94. The molecular formula is C19H27NO3. The van der Waals surface area contributed by atoms with Crippen molar-refractivity contribution in [2.75, 3.05) is 13.2 Å². The second-order valence-corrected chi connectivity index (χ2v) is 5.61. The Morgan fingerprint density at radius 1 is 1.09 bits per heavy atom. The first kappa shape index (κ1) is 17.4. The summed E-state index contributed by atoms with van der Waals surface area (Å²) in [5.41, 5.74) is 1.16. The number of furan rings is 1. The van der Waals surface area contributed by atoms with Gasteiger partial charge in [0.25, 0.3) is 0 Å². The molecule has 0 aliphatic carbocycles. The van der Waals surface area contributed by atoms with E-state index in [1.165, 1.54) is 0 Å². The quantitative estimate of drug-likeness (QED) is 0.732. The van der Waals surface area contributed by atoms with Gasteiger partial charge in [-0.25, -0.2) is 0 Å². The smallest absolute Gasteiger partial charge is 0.161 e. The summed E-state index contributed by atoms with van der Waals surface area (Å²) in [5.74, 6) is 3.51. The van der Waals surface area contributed by atoms with Crippen LogP contribution in [0.2, 0.25) is 0 Å². The van der Waals surface area contributed by atoms with Gasteiger partial charge in [-0.2, -0.15) is 0 Å². The van der Waals surface area contributed by atoms with Crippen LogP contribution < -0.4 is 14.8 Å². The number of benzene rings is 1. The molecule has 0 fully saturated rings. The number of hydrogen-bond donors (Lipinski definition) is 1. The first-order valence-electron chi connectivity index (χ1n) is 8.32. The van der Waals surface area contributed by atoms with Gasteiger partial charge in [0, 0.05) is 6.54 Å². The molecule has 0 saturated carbocycles. The monoisotopic (exact) mass is 317 g/mol. The zero-order valence-corrected chi connectivity index (χ0v) is 14.5. The molecule has 1 aromatic heterocycles. The van der Waals surface area contributed by atoms with Crippen LogP contribution >= 0.6 is 0 Å². The van der Waals surface area contributed by atoms with Crippen molar-refractivity contribution in [2.45, 2.75) is 46.7 Å². The van der Waals surface area contributed by atoms with E-state index in [4.69, 9.17) is 13.9 Å². The second-order valence-electron chi connectivity index (χ2n) is 5.61. The lowest BCUT2D eigenvalue weighted by atomic mass is 10.1. The Morgan fingerprint density at radius 2 is 1.91 bits per heavy atom. The van der Waals surface area contributed by atoms with E-state index in [0.29, 0.717) is 13.2 Å². The Bertz CT molecular complexity index is 606. The fraction of sp³-hybridized carbons (Fsp3) is 0.474. The topological polar surface area (TPSA) is 43.6 Å². The third-order valence-electron chi connectivity index (χ3n) is 3.57. The van der Waals surface area contributed by atoms with E-state index < -0.39 is 0 Å². The summed E-state index contributed by atoms with van der Waals surface area (Å²) in [4.78, 5) is 0. The molecule has 0 aliphatic rings. The minimum Gasteiger partial charge on any atom is -0.490 e. The Balaban J connectivity index is 2.00. The molecule has 1 unspecified atom stereocenters. The van der Waals surface area contributed by atoms with Gasteiger partial charge in [-0.05, 0) is 57.0 Å². The van der Waals surface area contributed by atoms with Gasteiger partial charge in [0.15, 0.2) is 11.5 Å². The molecule has 0 bridgehead atoms. The molecule has 0 amide bonds. The summed E-state index contributed by atoms with van der Waals surface area (Å²) >= 11 is 0. The fourth-order valence-corrected chi connectivity index (χ4v) is 2.32. The van der Waals surface area contributed by atoms with E-state index in [9.17, 15) is 0 Å². The molecule has 2 rings (SSSR count).